The molecule has 2 rings (SSSR count). The van der Waals surface area contributed by atoms with Crippen molar-refractivity contribution in [2.75, 3.05) is 5.32 Å². The van der Waals surface area contributed by atoms with Gasteiger partial charge in [0.2, 0.25) is 0 Å². The van der Waals surface area contributed by atoms with Gasteiger partial charge in [-0.25, -0.2) is 4.68 Å². The van der Waals surface area contributed by atoms with Gasteiger partial charge in [-0.15, -0.1) is 0 Å². The Labute approximate surface area is 116 Å². The van der Waals surface area contributed by atoms with Crippen molar-refractivity contribution in [3.8, 4) is 0 Å². The second-order valence-corrected chi connectivity index (χ2v) is 4.68. The molecule has 0 aromatic carbocycles. The van der Waals surface area contributed by atoms with Crippen LogP contribution in [0.2, 0.25) is 0 Å². The lowest BCUT2D eigenvalue weighted by molar-refractivity contribution is 0.102. The van der Waals surface area contributed by atoms with Crippen LogP contribution in [0.25, 0.3) is 0 Å². The number of anilines is 1. The number of nitrogens with zero attached hydrogens (tertiary/aromatic N) is 3. The maximum absolute atomic E-state index is 12.2. The number of pyridine rings is 1. The molecule has 2 aromatic heterocycles. The van der Waals surface area contributed by atoms with Gasteiger partial charge >= 0.3 is 0 Å². The van der Waals surface area contributed by atoms with Gasteiger partial charge in [0.25, 0.3) is 11.5 Å². The lowest BCUT2D eigenvalue weighted by Crippen LogP contribution is -2.24. The molecule has 104 valence electrons. The van der Waals surface area contributed by atoms with Crippen LogP contribution in [0.5, 0.6) is 0 Å². The minimum absolute atomic E-state index is 0.187. The van der Waals surface area contributed by atoms with Crippen LogP contribution in [-0.2, 0) is 7.05 Å². The number of aryl methyl sites for hydroxylation is 4. The zero-order chi connectivity index (χ0) is 14.9. The molecule has 0 spiro atoms. The number of carbonyl (C=O) groups is 1. The molecule has 20 heavy (non-hydrogen) atoms. The lowest BCUT2D eigenvalue weighted by Gasteiger charge is -2.11. The van der Waals surface area contributed by atoms with Gasteiger partial charge in [0.1, 0.15) is 5.69 Å². The highest BCUT2D eigenvalue weighted by Gasteiger charge is 2.13. The van der Waals surface area contributed by atoms with Crippen molar-refractivity contribution in [1.82, 2.24) is 14.8 Å². The van der Waals surface area contributed by atoms with Crippen LogP contribution in [-0.4, -0.2) is 20.7 Å². The summed E-state index contributed by atoms with van der Waals surface area (Å²) in [5, 5.41) is 6.71. The van der Waals surface area contributed by atoms with Crippen molar-refractivity contribution < 1.29 is 4.79 Å². The zero-order valence-corrected chi connectivity index (χ0v) is 11.9. The molecular formula is C14H16N4O2. The van der Waals surface area contributed by atoms with E-state index in [1.807, 2.05) is 26.8 Å². The van der Waals surface area contributed by atoms with Crippen molar-refractivity contribution in [2.24, 2.45) is 7.05 Å². The van der Waals surface area contributed by atoms with E-state index in [0.29, 0.717) is 5.69 Å². The molecular weight excluding hydrogens is 256 g/mol. The predicted octanol–water partition coefficient (Wildman–Crippen LogP) is 1.35. The van der Waals surface area contributed by atoms with E-state index in [4.69, 9.17) is 0 Å². The van der Waals surface area contributed by atoms with Gasteiger partial charge in [-0.3, -0.25) is 14.6 Å². The normalized spacial score (nSPS) is 10.4. The number of hydrogen-bond acceptors (Lipinski definition) is 4. The summed E-state index contributed by atoms with van der Waals surface area (Å²) < 4.78 is 1.13. The van der Waals surface area contributed by atoms with E-state index in [1.165, 1.54) is 19.2 Å². The van der Waals surface area contributed by atoms with E-state index in [2.05, 4.69) is 15.4 Å². The molecule has 1 N–H and O–H groups in total. The molecule has 6 nitrogen and oxygen atoms in total. The second-order valence-electron chi connectivity index (χ2n) is 4.68. The average molecular weight is 272 g/mol. The fourth-order valence-electron chi connectivity index (χ4n) is 2.01. The van der Waals surface area contributed by atoms with E-state index < -0.39 is 0 Å². The highest BCUT2D eigenvalue weighted by atomic mass is 16.2. The Hall–Kier alpha value is -2.50. The highest BCUT2D eigenvalue weighted by molar-refractivity contribution is 6.03. The van der Waals surface area contributed by atoms with E-state index in [9.17, 15) is 9.59 Å². The zero-order valence-electron chi connectivity index (χ0n) is 11.9. The van der Waals surface area contributed by atoms with Crippen LogP contribution in [0.1, 0.15) is 27.4 Å². The highest BCUT2D eigenvalue weighted by Crippen LogP contribution is 2.19. The number of nitrogens with one attached hydrogen (secondary N) is 1. The largest absolute Gasteiger partial charge is 0.319 e. The van der Waals surface area contributed by atoms with Crippen LogP contribution in [0, 0.1) is 20.8 Å². The summed E-state index contributed by atoms with van der Waals surface area (Å²) in [6.07, 6.45) is 0. The Kier molecular flexibility index (Phi) is 3.65. The summed E-state index contributed by atoms with van der Waals surface area (Å²) in [6, 6.07) is 4.62. The summed E-state index contributed by atoms with van der Waals surface area (Å²) in [5.74, 6) is -0.363. The first kappa shape index (κ1) is 13.9. The SMILES string of the molecule is Cc1cc(C)c(NC(=O)c2ccc(=O)n(C)n2)c(C)n1. The Bertz CT molecular complexity index is 711. The number of aromatic nitrogens is 3. The molecule has 0 saturated heterocycles. The molecule has 2 aromatic rings. The van der Waals surface area contributed by atoms with Gasteiger partial charge in [0, 0.05) is 18.8 Å². The van der Waals surface area contributed by atoms with Crippen LogP contribution in [0.3, 0.4) is 0 Å². The number of amides is 1. The van der Waals surface area contributed by atoms with E-state index in [1.54, 1.807) is 0 Å². The Balaban J connectivity index is 2.32. The maximum Gasteiger partial charge on any atom is 0.276 e. The third-order valence-electron chi connectivity index (χ3n) is 2.96. The van der Waals surface area contributed by atoms with E-state index in [0.717, 1.165) is 21.6 Å². The first-order valence-corrected chi connectivity index (χ1v) is 6.19. The van der Waals surface area contributed by atoms with Crippen LogP contribution in [0.4, 0.5) is 5.69 Å². The van der Waals surface area contributed by atoms with Gasteiger partial charge < -0.3 is 5.32 Å². The Morgan fingerprint density at radius 2 is 1.95 bits per heavy atom. The minimum atomic E-state index is -0.363. The number of carbonyl (C=O) groups excluding carboxylic acids is 1. The fourth-order valence-corrected chi connectivity index (χ4v) is 2.01. The Morgan fingerprint density at radius 1 is 1.25 bits per heavy atom. The summed E-state index contributed by atoms with van der Waals surface area (Å²) in [7, 11) is 1.50. The average Bonchev–Trinajstić information content (AvgIpc) is 2.36. The summed E-state index contributed by atoms with van der Waals surface area (Å²) in [6.45, 7) is 5.65. The summed E-state index contributed by atoms with van der Waals surface area (Å²) >= 11 is 0. The quantitative estimate of drug-likeness (QED) is 0.895. The molecule has 0 aliphatic rings. The summed E-state index contributed by atoms with van der Waals surface area (Å²) in [5.41, 5.74) is 3.20. The maximum atomic E-state index is 12.2. The molecule has 6 heteroatoms. The fraction of sp³-hybridized carbons (Fsp3) is 0.286. The third kappa shape index (κ3) is 2.74. The topological polar surface area (TPSA) is 76.9 Å². The molecule has 0 saturated carbocycles. The molecule has 0 aliphatic carbocycles. The van der Waals surface area contributed by atoms with Gasteiger partial charge in [0.15, 0.2) is 0 Å². The molecule has 0 fully saturated rings. The molecule has 0 atom stereocenters. The van der Waals surface area contributed by atoms with Gasteiger partial charge in [-0.05, 0) is 38.5 Å². The standard InChI is InChI=1S/C14H16N4O2/c1-8-7-9(2)15-10(3)13(8)16-14(20)11-5-6-12(19)18(4)17-11/h5-7H,1-4H3,(H,16,20). The number of hydrogen-bond donors (Lipinski definition) is 1. The van der Waals surface area contributed by atoms with Crippen molar-refractivity contribution in [2.45, 2.75) is 20.8 Å². The monoisotopic (exact) mass is 272 g/mol. The number of rotatable bonds is 2. The van der Waals surface area contributed by atoms with Crippen LogP contribution >= 0.6 is 0 Å². The molecule has 1 amide bonds. The molecule has 0 aliphatic heterocycles. The van der Waals surface area contributed by atoms with Crippen LogP contribution < -0.4 is 10.9 Å². The first-order valence-electron chi connectivity index (χ1n) is 6.19. The third-order valence-corrected chi connectivity index (χ3v) is 2.96. The minimum Gasteiger partial charge on any atom is -0.319 e. The lowest BCUT2D eigenvalue weighted by atomic mass is 10.1. The van der Waals surface area contributed by atoms with E-state index >= 15 is 0 Å². The predicted molar refractivity (Wildman–Crippen MR) is 75.9 cm³/mol. The van der Waals surface area contributed by atoms with Crippen LogP contribution in [0.15, 0.2) is 23.0 Å². The molecule has 0 unspecified atom stereocenters. The molecule has 0 radical (unpaired) electrons. The molecule has 2 heterocycles. The van der Waals surface area contributed by atoms with Crippen molar-refractivity contribution in [3.63, 3.8) is 0 Å². The van der Waals surface area contributed by atoms with Gasteiger partial charge in [-0.1, -0.05) is 0 Å². The summed E-state index contributed by atoms with van der Waals surface area (Å²) in [4.78, 5) is 27.7. The second kappa shape index (κ2) is 5.24. The van der Waals surface area contributed by atoms with Crippen molar-refractivity contribution >= 4 is 11.6 Å². The van der Waals surface area contributed by atoms with Crippen molar-refractivity contribution in [3.05, 3.63) is 51.2 Å². The molecule has 0 bridgehead atoms. The van der Waals surface area contributed by atoms with Gasteiger partial charge in [-0.2, -0.15) is 5.10 Å². The van der Waals surface area contributed by atoms with Gasteiger partial charge in [0.05, 0.1) is 11.4 Å². The Morgan fingerprint density at radius 3 is 2.55 bits per heavy atom. The smallest absolute Gasteiger partial charge is 0.276 e. The van der Waals surface area contributed by atoms with Crippen molar-refractivity contribution in [1.29, 1.82) is 0 Å². The first-order chi connectivity index (χ1) is 9.38. The van der Waals surface area contributed by atoms with E-state index in [-0.39, 0.29) is 17.2 Å².